The van der Waals surface area contributed by atoms with Crippen LogP contribution in [-0.2, 0) is 12.8 Å². The minimum atomic E-state index is -0.269. The summed E-state index contributed by atoms with van der Waals surface area (Å²) in [6, 6.07) is 13.7. The SMILES string of the molecule is COc1ccccc1-c1csc(SCc2c(C)cccc2-n2nnn(C)c2=O)n1. The first-order chi connectivity index (χ1) is 14.1. The van der Waals surface area contributed by atoms with Gasteiger partial charge in [0.15, 0.2) is 4.34 Å². The van der Waals surface area contributed by atoms with Crippen LogP contribution in [0.1, 0.15) is 11.1 Å². The van der Waals surface area contributed by atoms with E-state index in [-0.39, 0.29) is 5.69 Å². The van der Waals surface area contributed by atoms with Crippen molar-refractivity contribution in [2.24, 2.45) is 7.05 Å². The minimum Gasteiger partial charge on any atom is -0.496 e. The molecule has 148 valence electrons. The Balaban J connectivity index is 1.60. The maximum Gasteiger partial charge on any atom is 0.368 e. The van der Waals surface area contributed by atoms with E-state index in [4.69, 9.17) is 9.72 Å². The lowest BCUT2D eigenvalue weighted by molar-refractivity contribution is 0.416. The predicted molar refractivity (Wildman–Crippen MR) is 115 cm³/mol. The lowest BCUT2D eigenvalue weighted by atomic mass is 10.1. The molecule has 9 heteroatoms. The number of benzene rings is 2. The molecular formula is C20H19N5O2S2. The van der Waals surface area contributed by atoms with Crippen LogP contribution < -0.4 is 10.4 Å². The number of tetrazole rings is 1. The van der Waals surface area contributed by atoms with E-state index >= 15 is 0 Å². The number of nitrogens with zero attached hydrogens (tertiary/aromatic N) is 5. The van der Waals surface area contributed by atoms with E-state index in [1.54, 1.807) is 37.3 Å². The first-order valence-corrected chi connectivity index (χ1v) is 10.7. The van der Waals surface area contributed by atoms with Gasteiger partial charge in [0.25, 0.3) is 0 Å². The van der Waals surface area contributed by atoms with Crippen LogP contribution >= 0.6 is 23.1 Å². The van der Waals surface area contributed by atoms with Gasteiger partial charge in [-0.2, -0.15) is 9.36 Å². The molecule has 29 heavy (non-hydrogen) atoms. The summed E-state index contributed by atoms with van der Waals surface area (Å²) in [5, 5.41) is 9.84. The van der Waals surface area contributed by atoms with Crippen LogP contribution in [0.15, 0.2) is 57.0 Å². The Kier molecular flexibility index (Phi) is 5.50. The molecule has 0 radical (unpaired) electrons. The summed E-state index contributed by atoms with van der Waals surface area (Å²) in [4.78, 5) is 17.1. The van der Waals surface area contributed by atoms with Gasteiger partial charge in [-0.1, -0.05) is 36.0 Å². The first-order valence-electron chi connectivity index (χ1n) is 8.88. The van der Waals surface area contributed by atoms with Crippen molar-refractivity contribution >= 4 is 23.1 Å². The van der Waals surface area contributed by atoms with Crippen LogP contribution in [0.3, 0.4) is 0 Å². The van der Waals surface area contributed by atoms with E-state index in [9.17, 15) is 4.79 Å². The van der Waals surface area contributed by atoms with Gasteiger partial charge in [0.1, 0.15) is 5.75 Å². The number of aryl methyl sites for hydroxylation is 2. The lowest BCUT2D eigenvalue weighted by Gasteiger charge is -2.10. The maximum absolute atomic E-state index is 12.3. The van der Waals surface area contributed by atoms with E-state index in [1.807, 2.05) is 54.8 Å². The average Bonchev–Trinajstić information content (AvgIpc) is 3.34. The second-order valence-corrected chi connectivity index (χ2v) is 8.44. The molecule has 0 aliphatic heterocycles. The summed E-state index contributed by atoms with van der Waals surface area (Å²) < 4.78 is 8.95. The predicted octanol–water partition coefficient (Wildman–Crippen LogP) is 3.70. The van der Waals surface area contributed by atoms with Crippen molar-refractivity contribution in [3.8, 4) is 22.7 Å². The Hall–Kier alpha value is -2.91. The van der Waals surface area contributed by atoms with Crippen molar-refractivity contribution in [1.29, 1.82) is 0 Å². The number of thioether (sulfide) groups is 1. The fourth-order valence-corrected chi connectivity index (χ4v) is 4.92. The number of hydrogen-bond donors (Lipinski definition) is 0. The third kappa shape index (κ3) is 3.83. The van der Waals surface area contributed by atoms with Crippen molar-refractivity contribution in [1.82, 2.24) is 24.8 Å². The van der Waals surface area contributed by atoms with Gasteiger partial charge in [-0.25, -0.2) is 9.78 Å². The van der Waals surface area contributed by atoms with E-state index in [0.717, 1.165) is 38.2 Å². The molecule has 0 unspecified atom stereocenters. The normalized spacial score (nSPS) is 11.0. The number of thiazole rings is 1. The van der Waals surface area contributed by atoms with Gasteiger partial charge in [-0.3, -0.25) is 0 Å². The number of rotatable bonds is 6. The van der Waals surface area contributed by atoms with E-state index in [2.05, 4.69) is 10.4 Å². The molecule has 0 amide bonds. The highest BCUT2D eigenvalue weighted by molar-refractivity contribution is 8.00. The van der Waals surface area contributed by atoms with Crippen LogP contribution in [0.25, 0.3) is 16.9 Å². The summed E-state index contributed by atoms with van der Waals surface area (Å²) >= 11 is 3.23. The summed E-state index contributed by atoms with van der Waals surface area (Å²) in [5.41, 5.74) is 4.47. The van der Waals surface area contributed by atoms with E-state index in [1.165, 1.54) is 9.36 Å². The van der Waals surface area contributed by atoms with Crippen molar-refractivity contribution in [2.45, 2.75) is 17.0 Å². The van der Waals surface area contributed by atoms with Gasteiger partial charge in [-0.15, -0.1) is 11.3 Å². The number of methoxy groups -OCH3 is 1. The molecule has 0 bridgehead atoms. The van der Waals surface area contributed by atoms with Crippen LogP contribution in [-0.4, -0.2) is 31.9 Å². The van der Waals surface area contributed by atoms with Crippen molar-refractivity contribution in [3.63, 3.8) is 0 Å². The molecule has 2 aromatic carbocycles. The number of ether oxygens (including phenoxy) is 1. The van der Waals surface area contributed by atoms with E-state index in [0.29, 0.717) is 5.75 Å². The highest BCUT2D eigenvalue weighted by atomic mass is 32.2. The summed E-state index contributed by atoms with van der Waals surface area (Å²) in [6.07, 6.45) is 0. The Morgan fingerprint density at radius 2 is 1.97 bits per heavy atom. The monoisotopic (exact) mass is 425 g/mol. The van der Waals surface area contributed by atoms with Crippen LogP contribution in [0.4, 0.5) is 0 Å². The third-order valence-electron chi connectivity index (χ3n) is 4.54. The summed E-state index contributed by atoms with van der Waals surface area (Å²) in [6.45, 7) is 2.03. The number of hydrogen-bond acceptors (Lipinski definition) is 7. The van der Waals surface area contributed by atoms with Crippen LogP contribution in [0.2, 0.25) is 0 Å². The number of para-hydroxylation sites is 1. The number of aromatic nitrogens is 5. The fourth-order valence-electron chi connectivity index (χ4n) is 2.98. The molecule has 2 aromatic heterocycles. The maximum atomic E-state index is 12.3. The van der Waals surface area contributed by atoms with Crippen LogP contribution in [0, 0.1) is 6.92 Å². The Morgan fingerprint density at radius 3 is 2.72 bits per heavy atom. The molecule has 0 aliphatic rings. The summed E-state index contributed by atoms with van der Waals surface area (Å²) in [7, 11) is 3.25. The second kappa shape index (κ2) is 8.22. The van der Waals surface area contributed by atoms with Crippen molar-refractivity contribution in [3.05, 3.63) is 69.5 Å². The molecule has 7 nitrogen and oxygen atoms in total. The smallest absolute Gasteiger partial charge is 0.368 e. The van der Waals surface area contributed by atoms with Gasteiger partial charge in [0.05, 0.1) is 18.5 Å². The molecule has 4 aromatic rings. The van der Waals surface area contributed by atoms with Gasteiger partial charge in [0, 0.05) is 23.7 Å². The molecule has 0 N–H and O–H groups in total. The minimum absolute atomic E-state index is 0.269. The third-order valence-corrected chi connectivity index (χ3v) is 6.59. The standard InChI is InChI=1S/C20H19N5O2S2/c1-13-7-6-9-17(25-20(26)24(2)22-23-25)15(13)11-28-19-21-16(12-29-19)14-8-4-5-10-18(14)27-3/h4-10,12H,11H2,1-3H3. The zero-order valence-electron chi connectivity index (χ0n) is 16.2. The Labute approximate surface area is 176 Å². The average molecular weight is 426 g/mol. The van der Waals surface area contributed by atoms with E-state index < -0.39 is 0 Å². The topological polar surface area (TPSA) is 74.8 Å². The first kappa shape index (κ1) is 19.4. The Bertz CT molecular complexity index is 1210. The molecular weight excluding hydrogens is 406 g/mol. The van der Waals surface area contributed by atoms with Gasteiger partial charge < -0.3 is 4.74 Å². The molecule has 4 rings (SSSR count). The quantitative estimate of drug-likeness (QED) is 0.439. The molecule has 0 aliphatic carbocycles. The molecule has 2 heterocycles. The Morgan fingerprint density at radius 1 is 1.14 bits per heavy atom. The van der Waals surface area contributed by atoms with Gasteiger partial charge >= 0.3 is 5.69 Å². The fraction of sp³-hybridized carbons (Fsp3) is 0.200. The molecule has 0 atom stereocenters. The lowest BCUT2D eigenvalue weighted by Crippen LogP contribution is -2.23. The zero-order chi connectivity index (χ0) is 20.4. The zero-order valence-corrected chi connectivity index (χ0v) is 17.8. The molecule has 0 saturated carbocycles. The molecule has 0 fully saturated rings. The second-order valence-electron chi connectivity index (χ2n) is 6.36. The van der Waals surface area contributed by atoms with Crippen molar-refractivity contribution in [2.75, 3.05) is 7.11 Å². The van der Waals surface area contributed by atoms with Gasteiger partial charge in [0.2, 0.25) is 0 Å². The molecule has 0 spiro atoms. The summed E-state index contributed by atoms with van der Waals surface area (Å²) in [5.74, 6) is 1.47. The van der Waals surface area contributed by atoms with Crippen molar-refractivity contribution < 1.29 is 4.74 Å². The highest BCUT2D eigenvalue weighted by Gasteiger charge is 2.15. The van der Waals surface area contributed by atoms with Crippen LogP contribution in [0.5, 0.6) is 5.75 Å². The highest BCUT2D eigenvalue weighted by Crippen LogP contribution is 2.35. The largest absolute Gasteiger partial charge is 0.496 e. The van der Waals surface area contributed by atoms with Gasteiger partial charge in [-0.05, 0) is 46.7 Å². The molecule has 0 saturated heterocycles.